The molecule has 78 valence electrons. The molecule has 0 spiro atoms. The van der Waals surface area contributed by atoms with Crippen molar-refractivity contribution in [2.24, 2.45) is 0 Å². The van der Waals surface area contributed by atoms with Gasteiger partial charge in [0.2, 0.25) is 0 Å². The van der Waals surface area contributed by atoms with E-state index in [9.17, 15) is 0 Å². The van der Waals surface area contributed by atoms with Gasteiger partial charge in [-0.1, -0.05) is 0 Å². The third kappa shape index (κ3) is 2.24. The minimum atomic E-state index is 0.844. The Labute approximate surface area is 95.6 Å². The Bertz CT molecular complexity index is 442. The Morgan fingerprint density at radius 1 is 1.27 bits per heavy atom. The van der Waals surface area contributed by atoms with E-state index in [2.05, 4.69) is 24.6 Å². The zero-order chi connectivity index (χ0) is 10.7. The van der Waals surface area contributed by atoms with Gasteiger partial charge in [0.1, 0.15) is 23.5 Å². The summed E-state index contributed by atoms with van der Waals surface area (Å²) in [6.45, 7) is 1.98. The van der Waals surface area contributed by atoms with Gasteiger partial charge in [-0.25, -0.2) is 15.0 Å². The van der Waals surface area contributed by atoms with Crippen molar-refractivity contribution >= 4 is 29.1 Å². The fraction of sp³-hybridized carbons (Fsp3) is 0.250. The van der Waals surface area contributed by atoms with E-state index in [4.69, 9.17) is 0 Å². The van der Waals surface area contributed by atoms with Crippen LogP contribution in [-0.4, -0.2) is 26.4 Å². The van der Waals surface area contributed by atoms with E-state index in [0.29, 0.717) is 0 Å². The predicted octanol–water partition coefficient (Wildman–Crippen LogP) is 1.83. The minimum absolute atomic E-state index is 0.844. The van der Waals surface area contributed by atoms with E-state index in [1.807, 2.05) is 14.0 Å². The molecule has 0 aliphatic heterocycles. The van der Waals surface area contributed by atoms with Crippen molar-refractivity contribution in [3.8, 4) is 0 Å². The van der Waals surface area contributed by atoms with Gasteiger partial charge in [0.25, 0.3) is 0 Å². The fourth-order valence-electron chi connectivity index (χ4n) is 1.08. The second-order valence-electron chi connectivity index (χ2n) is 2.71. The van der Waals surface area contributed by atoms with Gasteiger partial charge in [-0.2, -0.15) is 4.37 Å². The Hall–Kier alpha value is -1.21. The van der Waals surface area contributed by atoms with E-state index in [1.165, 1.54) is 23.3 Å². The van der Waals surface area contributed by atoms with Gasteiger partial charge in [-0.3, -0.25) is 0 Å². The molecule has 15 heavy (non-hydrogen) atoms. The molecule has 5 nitrogen and oxygen atoms in total. The average Bonchev–Trinajstić information content (AvgIpc) is 2.74. The van der Waals surface area contributed by atoms with Gasteiger partial charge in [0.15, 0.2) is 4.34 Å². The SMILES string of the molecule is CNc1ncnc(Sc2ncns2)c1C. The highest BCUT2D eigenvalue weighted by molar-refractivity contribution is 8.00. The smallest absolute Gasteiger partial charge is 0.176 e. The highest BCUT2D eigenvalue weighted by Crippen LogP contribution is 2.30. The summed E-state index contributed by atoms with van der Waals surface area (Å²) in [7, 11) is 1.84. The molecule has 0 saturated carbocycles. The lowest BCUT2D eigenvalue weighted by molar-refractivity contribution is 1.00. The number of nitrogens with one attached hydrogen (secondary N) is 1. The highest BCUT2D eigenvalue weighted by Gasteiger charge is 2.08. The maximum absolute atomic E-state index is 4.21. The van der Waals surface area contributed by atoms with Crippen LogP contribution in [0.25, 0.3) is 0 Å². The maximum atomic E-state index is 4.21. The van der Waals surface area contributed by atoms with Gasteiger partial charge < -0.3 is 5.32 Å². The molecule has 2 aromatic rings. The quantitative estimate of drug-likeness (QED) is 0.824. The molecule has 2 heterocycles. The zero-order valence-electron chi connectivity index (χ0n) is 8.26. The number of aromatic nitrogens is 4. The standard InChI is InChI=1S/C8H9N5S2/c1-5-6(9-2)10-3-11-7(5)14-8-12-4-13-15-8/h3-4H,1-2H3,(H,9,10,11). The molecule has 0 bridgehead atoms. The molecule has 0 radical (unpaired) electrons. The molecule has 2 aromatic heterocycles. The molecule has 0 unspecified atom stereocenters. The summed E-state index contributed by atoms with van der Waals surface area (Å²) in [5.41, 5.74) is 1.03. The fourth-order valence-corrected chi connectivity index (χ4v) is 2.49. The van der Waals surface area contributed by atoms with Crippen molar-refractivity contribution in [2.75, 3.05) is 12.4 Å². The summed E-state index contributed by atoms with van der Waals surface area (Å²) in [5.74, 6) is 0.844. The van der Waals surface area contributed by atoms with Gasteiger partial charge in [-0.15, -0.1) is 0 Å². The van der Waals surface area contributed by atoms with E-state index >= 15 is 0 Å². The molecule has 7 heteroatoms. The van der Waals surface area contributed by atoms with Gasteiger partial charge in [0.05, 0.1) is 0 Å². The van der Waals surface area contributed by atoms with Crippen LogP contribution < -0.4 is 5.32 Å². The first-order valence-corrected chi connectivity index (χ1v) is 5.84. The van der Waals surface area contributed by atoms with Crippen LogP contribution in [0.15, 0.2) is 22.0 Å². The summed E-state index contributed by atoms with van der Waals surface area (Å²) in [6.07, 6.45) is 3.09. The molecular weight excluding hydrogens is 230 g/mol. The Balaban J connectivity index is 2.29. The van der Waals surface area contributed by atoms with Gasteiger partial charge >= 0.3 is 0 Å². The van der Waals surface area contributed by atoms with Gasteiger partial charge in [0, 0.05) is 12.6 Å². The summed E-state index contributed by atoms with van der Waals surface area (Å²) >= 11 is 2.87. The molecule has 0 atom stereocenters. The lowest BCUT2D eigenvalue weighted by Gasteiger charge is -2.06. The Morgan fingerprint density at radius 3 is 2.80 bits per heavy atom. The number of nitrogens with zero attached hydrogens (tertiary/aromatic N) is 4. The van der Waals surface area contributed by atoms with Crippen molar-refractivity contribution < 1.29 is 0 Å². The summed E-state index contributed by atoms with van der Waals surface area (Å²) < 4.78 is 4.83. The number of anilines is 1. The molecule has 0 aromatic carbocycles. The first-order chi connectivity index (χ1) is 7.31. The van der Waals surface area contributed by atoms with Crippen LogP contribution in [-0.2, 0) is 0 Å². The summed E-state index contributed by atoms with van der Waals surface area (Å²) in [5, 5.41) is 3.93. The molecular formula is C8H9N5S2. The van der Waals surface area contributed by atoms with Crippen molar-refractivity contribution in [3.63, 3.8) is 0 Å². The average molecular weight is 239 g/mol. The number of rotatable bonds is 3. The molecule has 0 amide bonds. The first kappa shape index (κ1) is 10.3. The van der Waals surface area contributed by atoms with Crippen LogP contribution in [0.5, 0.6) is 0 Å². The van der Waals surface area contributed by atoms with Crippen molar-refractivity contribution in [2.45, 2.75) is 16.3 Å². The van der Waals surface area contributed by atoms with Crippen LogP contribution in [0, 0.1) is 6.92 Å². The van der Waals surface area contributed by atoms with Crippen LogP contribution >= 0.6 is 23.3 Å². The maximum Gasteiger partial charge on any atom is 0.176 e. The summed E-state index contributed by atoms with van der Waals surface area (Å²) in [6, 6.07) is 0. The Kier molecular flexibility index (Phi) is 3.12. The largest absolute Gasteiger partial charge is 0.373 e. The molecule has 1 N–H and O–H groups in total. The van der Waals surface area contributed by atoms with Crippen LogP contribution in [0.1, 0.15) is 5.56 Å². The highest BCUT2D eigenvalue weighted by atomic mass is 32.2. The van der Waals surface area contributed by atoms with E-state index < -0.39 is 0 Å². The van der Waals surface area contributed by atoms with E-state index in [0.717, 1.165) is 20.7 Å². The van der Waals surface area contributed by atoms with Gasteiger partial charge in [-0.05, 0) is 30.2 Å². The van der Waals surface area contributed by atoms with Crippen molar-refractivity contribution in [3.05, 3.63) is 18.2 Å². The van der Waals surface area contributed by atoms with E-state index in [-0.39, 0.29) is 0 Å². The van der Waals surface area contributed by atoms with Crippen LogP contribution in [0.2, 0.25) is 0 Å². The topological polar surface area (TPSA) is 63.6 Å². The molecule has 2 rings (SSSR count). The normalized spacial score (nSPS) is 10.3. The molecule has 0 aliphatic carbocycles. The summed E-state index contributed by atoms with van der Waals surface area (Å²) in [4.78, 5) is 12.4. The first-order valence-electron chi connectivity index (χ1n) is 4.25. The second-order valence-corrected chi connectivity index (χ2v) is 4.73. The molecule has 0 fully saturated rings. The molecule has 0 saturated heterocycles. The predicted molar refractivity (Wildman–Crippen MR) is 60.3 cm³/mol. The molecule has 0 aliphatic rings. The van der Waals surface area contributed by atoms with Crippen LogP contribution in [0.3, 0.4) is 0 Å². The third-order valence-electron chi connectivity index (χ3n) is 1.80. The number of hydrogen-bond donors (Lipinski definition) is 1. The lowest BCUT2D eigenvalue weighted by Crippen LogP contribution is -1.98. The Morgan fingerprint density at radius 2 is 2.13 bits per heavy atom. The lowest BCUT2D eigenvalue weighted by atomic mass is 10.3. The second kappa shape index (κ2) is 4.54. The monoisotopic (exact) mass is 239 g/mol. The van der Waals surface area contributed by atoms with Crippen molar-refractivity contribution in [1.29, 1.82) is 0 Å². The van der Waals surface area contributed by atoms with E-state index in [1.54, 1.807) is 12.7 Å². The minimum Gasteiger partial charge on any atom is -0.373 e. The zero-order valence-corrected chi connectivity index (χ0v) is 9.89. The van der Waals surface area contributed by atoms with Crippen molar-refractivity contribution in [1.82, 2.24) is 19.3 Å². The third-order valence-corrected chi connectivity index (χ3v) is 3.62. The van der Waals surface area contributed by atoms with Crippen LogP contribution in [0.4, 0.5) is 5.82 Å². The number of hydrogen-bond acceptors (Lipinski definition) is 7.